The van der Waals surface area contributed by atoms with Crippen LogP contribution >= 0.6 is 11.3 Å². The first kappa shape index (κ1) is 12.1. The van der Waals surface area contributed by atoms with E-state index in [9.17, 15) is 4.79 Å². The fourth-order valence-corrected chi connectivity index (χ4v) is 3.28. The number of carbonyl (C=O) groups excluding carboxylic acids is 1. The van der Waals surface area contributed by atoms with Gasteiger partial charge in [0, 0.05) is 50.7 Å². The molecule has 0 saturated carbocycles. The van der Waals surface area contributed by atoms with Gasteiger partial charge in [-0.15, -0.1) is 11.3 Å². The van der Waals surface area contributed by atoms with Crippen LogP contribution in [0, 0.1) is 0 Å². The van der Waals surface area contributed by atoms with Crippen LogP contribution < -0.4 is 5.32 Å². The average molecular weight is 266 g/mol. The number of rotatable bonds is 2. The fourth-order valence-electron chi connectivity index (χ4n) is 2.75. The summed E-state index contributed by atoms with van der Waals surface area (Å²) in [6.07, 6.45) is 1.09. The van der Waals surface area contributed by atoms with Crippen LogP contribution in [0.15, 0.2) is 10.9 Å². The van der Waals surface area contributed by atoms with Gasteiger partial charge in [-0.2, -0.15) is 0 Å². The largest absolute Gasteiger partial charge is 0.336 e. The molecule has 1 aromatic heterocycles. The Morgan fingerprint density at radius 2 is 2.22 bits per heavy atom. The maximum Gasteiger partial charge on any atom is 0.273 e. The lowest BCUT2D eigenvalue weighted by atomic mass is 10.2. The number of carbonyl (C=O) groups is 1. The molecule has 1 amide bonds. The number of piperazine rings is 1. The molecular weight excluding hydrogens is 248 g/mol. The summed E-state index contributed by atoms with van der Waals surface area (Å²) in [4.78, 5) is 20.7. The molecule has 2 aliphatic rings. The Balaban J connectivity index is 1.59. The van der Waals surface area contributed by atoms with E-state index >= 15 is 0 Å². The van der Waals surface area contributed by atoms with Gasteiger partial charge in [0.15, 0.2) is 0 Å². The molecule has 0 radical (unpaired) electrons. The van der Waals surface area contributed by atoms with E-state index in [0.717, 1.165) is 45.7 Å². The first-order valence-corrected chi connectivity index (χ1v) is 7.41. The summed E-state index contributed by atoms with van der Waals surface area (Å²) in [6, 6.07) is 0.537. The number of likely N-dealkylation sites (tertiary alicyclic amines) is 1. The third-order valence-electron chi connectivity index (χ3n) is 3.77. The van der Waals surface area contributed by atoms with E-state index in [-0.39, 0.29) is 5.91 Å². The van der Waals surface area contributed by atoms with Crippen LogP contribution in [-0.4, -0.2) is 66.0 Å². The van der Waals surface area contributed by atoms with Crippen LogP contribution in [0.4, 0.5) is 0 Å². The van der Waals surface area contributed by atoms with Crippen molar-refractivity contribution >= 4 is 17.2 Å². The van der Waals surface area contributed by atoms with Gasteiger partial charge in [0.1, 0.15) is 5.69 Å². The Morgan fingerprint density at radius 1 is 1.39 bits per heavy atom. The maximum atomic E-state index is 12.2. The molecule has 5 nitrogen and oxygen atoms in total. The first-order valence-electron chi connectivity index (χ1n) is 6.47. The van der Waals surface area contributed by atoms with Gasteiger partial charge in [0.25, 0.3) is 5.91 Å². The highest BCUT2D eigenvalue weighted by Gasteiger charge is 2.31. The summed E-state index contributed by atoms with van der Waals surface area (Å²) in [7, 11) is 0. The number of aromatic nitrogens is 1. The quantitative estimate of drug-likeness (QED) is 0.834. The fraction of sp³-hybridized carbons (Fsp3) is 0.667. The summed E-state index contributed by atoms with van der Waals surface area (Å²) in [5, 5.41) is 5.20. The van der Waals surface area contributed by atoms with Crippen LogP contribution in [0.2, 0.25) is 0 Å². The van der Waals surface area contributed by atoms with Crippen molar-refractivity contribution < 1.29 is 4.79 Å². The van der Waals surface area contributed by atoms with Crippen LogP contribution in [0.25, 0.3) is 0 Å². The van der Waals surface area contributed by atoms with E-state index < -0.39 is 0 Å². The van der Waals surface area contributed by atoms with Gasteiger partial charge >= 0.3 is 0 Å². The van der Waals surface area contributed by atoms with Gasteiger partial charge in [-0.05, 0) is 6.42 Å². The Bertz CT molecular complexity index is 402. The number of nitrogens with zero attached hydrogens (tertiary/aromatic N) is 3. The number of thiazole rings is 1. The SMILES string of the molecule is O=C(c1cscn1)N1CCC(N2CCNCC2)C1. The predicted molar refractivity (Wildman–Crippen MR) is 70.9 cm³/mol. The molecule has 0 aliphatic carbocycles. The lowest BCUT2D eigenvalue weighted by Crippen LogP contribution is -2.49. The molecule has 6 heteroatoms. The number of nitrogens with one attached hydrogen (secondary N) is 1. The van der Waals surface area contributed by atoms with Crippen LogP contribution in [0.5, 0.6) is 0 Å². The molecule has 18 heavy (non-hydrogen) atoms. The topological polar surface area (TPSA) is 48.5 Å². The molecule has 1 aromatic rings. The minimum atomic E-state index is 0.0916. The summed E-state index contributed by atoms with van der Waals surface area (Å²) >= 11 is 1.48. The van der Waals surface area contributed by atoms with Crippen molar-refractivity contribution in [2.75, 3.05) is 39.3 Å². The summed E-state index contributed by atoms with van der Waals surface area (Å²) in [5.74, 6) is 0.0916. The van der Waals surface area contributed by atoms with Crippen molar-refractivity contribution in [2.45, 2.75) is 12.5 Å². The van der Waals surface area contributed by atoms with Crippen LogP contribution in [-0.2, 0) is 0 Å². The zero-order valence-electron chi connectivity index (χ0n) is 10.3. The first-order chi connectivity index (χ1) is 8.84. The van der Waals surface area contributed by atoms with E-state index in [1.54, 1.807) is 5.51 Å². The van der Waals surface area contributed by atoms with E-state index in [4.69, 9.17) is 0 Å². The highest BCUT2D eigenvalue weighted by atomic mass is 32.1. The molecule has 1 unspecified atom stereocenters. The summed E-state index contributed by atoms with van der Waals surface area (Å²) in [5.41, 5.74) is 2.32. The van der Waals surface area contributed by atoms with Crippen molar-refractivity contribution in [1.82, 2.24) is 20.1 Å². The van der Waals surface area contributed by atoms with Gasteiger partial charge in [0.2, 0.25) is 0 Å². The molecule has 3 heterocycles. The molecule has 0 spiro atoms. The van der Waals surface area contributed by atoms with E-state index in [1.165, 1.54) is 11.3 Å². The molecular formula is C12H18N4OS. The highest BCUT2D eigenvalue weighted by molar-refractivity contribution is 7.07. The van der Waals surface area contributed by atoms with Crippen LogP contribution in [0.3, 0.4) is 0 Å². The Hall–Kier alpha value is -0.980. The number of hydrogen-bond acceptors (Lipinski definition) is 5. The Morgan fingerprint density at radius 3 is 2.94 bits per heavy atom. The molecule has 2 saturated heterocycles. The molecule has 3 rings (SSSR count). The smallest absolute Gasteiger partial charge is 0.273 e. The molecule has 1 atom stereocenters. The summed E-state index contributed by atoms with van der Waals surface area (Å²) in [6.45, 7) is 6.06. The van der Waals surface area contributed by atoms with E-state index in [2.05, 4.69) is 15.2 Å². The van der Waals surface area contributed by atoms with Gasteiger partial charge in [0.05, 0.1) is 5.51 Å². The van der Waals surface area contributed by atoms with Crippen LogP contribution in [0.1, 0.15) is 16.9 Å². The number of hydrogen-bond donors (Lipinski definition) is 1. The lowest BCUT2D eigenvalue weighted by molar-refractivity contribution is 0.0768. The van der Waals surface area contributed by atoms with E-state index in [0.29, 0.717) is 11.7 Å². The second-order valence-corrected chi connectivity index (χ2v) is 5.57. The minimum Gasteiger partial charge on any atom is -0.336 e. The Labute approximate surface area is 111 Å². The minimum absolute atomic E-state index is 0.0916. The molecule has 0 aromatic carbocycles. The average Bonchev–Trinajstić information content (AvgIpc) is 3.10. The van der Waals surface area contributed by atoms with Gasteiger partial charge in [-0.3, -0.25) is 9.69 Å². The third kappa shape index (κ3) is 2.41. The molecule has 0 bridgehead atoms. The summed E-state index contributed by atoms with van der Waals surface area (Å²) < 4.78 is 0. The highest BCUT2D eigenvalue weighted by Crippen LogP contribution is 2.18. The molecule has 98 valence electrons. The third-order valence-corrected chi connectivity index (χ3v) is 4.36. The van der Waals surface area contributed by atoms with Gasteiger partial charge < -0.3 is 10.2 Å². The molecule has 2 fully saturated rings. The molecule has 2 aliphatic heterocycles. The van der Waals surface area contributed by atoms with Crippen molar-refractivity contribution in [3.05, 3.63) is 16.6 Å². The van der Waals surface area contributed by atoms with E-state index in [1.807, 2.05) is 10.3 Å². The molecule has 1 N–H and O–H groups in total. The van der Waals surface area contributed by atoms with Crippen molar-refractivity contribution in [1.29, 1.82) is 0 Å². The maximum absolute atomic E-state index is 12.2. The zero-order chi connectivity index (χ0) is 12.4. The standard InChI is InChI=1S/C12H18N4OS/c17-12(11-8-18-9-14-11)16-4-1-10(7-16)15-5-2-13-3-6-15/h8-10,13H,1-7H2. The van der Waals surface area contributed by atoms with Crippen molar-refractivity contribution in [2.24, 2.45) is 0 Å². The number of amides is 1. The second kappa shape index (κ2) is 5.34. The lowest BCUT2D eigenvalue weighted by Gasteiger charge is -2.32. The zero-order valence-corrected chi connectivity index (χ0v) is 11.2. The van der Waals surface area contributed by atoms with Gasteiger partial charge in [-0.1, -0.05) is 0 Å². The second-order valence-electron chi connectivity index (χ2n) is 4.85. The predicted octanol–water partition coefficient (Wildman–Crippen LogP) is 0.263. The van der Waals surface area contributed by atoms with Gasteiger partial charge in [-0.25, -0.2) is 4.98 Å². The monoisotopic (exact) mass is 266 g/mol. The Kier molecular flexibility index (Phi) is 3.58. The van der Waals surface area contributed by atoms with Crippen molar-refractivity contribution in [3.63, 3.8) is 0 Å². The van der Waals surface area contributed by atoms with Crippen molar-refractivity contribution in [3.8, 4) is 0 Å². The normalized spacial score (nSPS) is 25.6.